The van der Waals surface area contributed by atoms with Crippen molar-refractivity contribution in [2.24, 2.45) is 4.99 Å². The molecule has 1 unspecified atom stereocenters. The van der Waals surface area contributed by atoms with E-state index < -0.39 is 10.0 Å². The molecule has 2 aromatic carbocycles. The minimum absolute atomic E-state index is 0. The fraction of sp³-hybridized carbons (Fsp3) is 0.381. The SMILES string of the molecule is CN=C(NCCS(=O)(=O)N1CCc2ccccc21)NCC(C)Oc1cccc(F)c1.I. The number of para-hydroxylation sites is 1. The van der Waals surface area contributed by atoms with Crippen LogP contribution in [0.15, 0.2) is 53.5 Å². The van der Waals surface area contributed by atoms with Gasteiger partial charge in [-0.3, -0.25) is 9.30 Å². The van der Waals surface area contributed by atoms with E-state index in [1.807, 2.05) is 31.2 Å². The van der Waals surface area contributed by atoms with E-state index in [0.29, 0.717) is 24.8 Å². The molecule has 0 bridgehead atoms. The predicted octanol–water partition coefficient (Wildman–Crippen LogP) is 2.77. The molecule has 170 valence electrons. The Morgan fingerprint density at radius 1 is 1.23 bits per heavy atom. The number of hydrogen-bond acceptors (Lipinski definition) is 4. The molecule has 0 saturated carbocycles. The van der Waals surface area contributed by atoms with Gasteiger partial charge >= 0.3 is 0 Å². The number of aliphatic imine (C=N–C) groups is 1. The lowest BCUT2D eigenvalue weighted by molar-refractivity contribution is 0.223. The Bertz CT molecular complexity index is 1000. The van der Waals surface area contributed by atoms with Crippen LogP contribution < -0.4 is 19.7 Å². The first-order valence-corrected chi connectivity index (χ1v) is 11.4. The Balaban J connectivity index is 0.00000341. The summed E-state index contributed by atoms with van der Waals surface area (Å²) in [4.78, 5) is 4.10. The van der Waals surface area contributed by atoms with E-state index in [-0.39, 0.29) is 48.2 Å². The highest BCUT2D eigenvalue weighted by molar-refractivity contribution is 14.0. The van der Waals surface area contributed by atoms with Crippen LogP contribution in [0, 0.1) is 5.82 Å². The Morgan fingerprint density at radius 2 is 2.00 bits per heavy atom. The minimum atomic E-state index is -3.43. The summed E-state index contributed by atoms with van der Waals surface area (Å²) in [5.41, 5.74) is 1.82. The molecule has 0 spiro atoms. The average molecular weight is 562 g/mol. The highest BCUT2D eigenvalue weighted by Crippen LogP contribution is 2.29. The van der Waals surface area contributed by atoms with Crippen molar-refractivity contribution in [3.05, 3.63) is 59.9 Å². The summed E-state index contributed by atoms with van der Waals surface area (Å²) < 4.78 is 45.9. The van der Waals surface area contributed by atoms with E-state index in [1.54, 1.807) is 19.2 Å². The molecular formula is C21H28FIN4O3S. The zero-order chi connectivity index (χ0) is 21.6. The molecule has 0 aliphatic carbocycles. The summed E-state index contributed by atoms with van der Waals surface area (Å²) in [5.74, 6) is 0.523. The average Bonchev–Trinajstić information content (AvgIpc) is 3.15. The lowest BCUT2D eigenvalue weighted by Gasteiger charge is -2.21. The third kappa shape index (κ3) is 6.96. The van der Waals surface area contributed by atoms with E-state index >= 15 is 0 Å². The Hall–Kier alpha value is -2.08. The summed E-state index contributed by atoms with van der Waals surface area (Å²) in [7, 11) is -1.82. The zero-order valence-corrected chi connectivity index (χ0v) is 20.7. The van der Waals surface area contributed by atoms with Crippen LogP contribution in [0.2, 0.25) is 0 Å². The van der Waals surface area contributed by atoms with Crippen molar-refractivity contribution in [2.75, 3.05) is 36.7 Å². The molecule has 1 atom stereocenters. The predicted molar refractivity (Wildman–Crippen MR) is 133 cm³/mol. The number of fused-ring (bicyclic) bond motifs is 1. The van der Waals surface area contributed by atoms with E-state index in [2.05, 4.69) is 15.6 Å². The van der Waals surface area contributed by atoms with Crippen LogP contribution in [0.1, 0.15) is 12.5 Å². The van der Waals surface area contributed by atoms with Gasteiger partial charge < -0.3 is 15.4 Å². The molecule has 0 fully saturated rings. The van der Waals surface area contributed by atoms with Crippen molar-refractivity contribution < 1.29 is 17.5 Å². The molecule has 2 aromatic rings. The maximum absolute atomic E-state index is 13.2. The standard InChI is InChI=1S/C21H27FN4O3S.HI/c1-16(29-19-8-5-7-18(22)14-19)15-25-21(23-2)24-11-13-30(27,28)26-12-10-17-6-3-4-9-20(17)26;/h3-9,14,16H,10-13,15H2,1-2H3,(H2,23,24,25);1H. The number of sulfonamides is 1. The second kappa shape index (κ2) is 11.5. The van der Waals surface area contributed by atoms with Crippen molar-refractivity contribution in [3.8, 4) is 5.75 Å². The fourth-order valence-corrected chi connectivity index (χ4v) is 4.71. The van der Waals surface area contributed by atoms with Gasteiger partial charge in [-0.05, 0) is 37.1 Å². The molecule has 2 N–H and O–H groups in total. The van der Waals surface area contributed by atoms with Crippen molar-refractivity contribution in [1.29, 1.82) is 0 Å². The maximum Gasteiger partial charge on any atom is 0.236 e. The number of hydrogen-bond donors (Lipinski definition) is 2. The molecule has 3 rings (SSSR count). The summed E-state index contributed by atoms with van der Waals surface area (Å²) in [6, 6.07) is 13.5. The minimum Gasteiger partial charge on any atom is -0.489 e. The Morgan fingerprint density at radius 3 is 2.74 bits per heavy atom. The van der Waals surface area contributed by atoms with Crippen LogP contribution in [-0.2, 0) is 16.4 Å². The van der Waals surface area contributed by atoms with Crippen LogP contribution in [0.5, 0.6) is 5.75 Å². The van der Waals surface area contributed by atoms with Gasteiger partial charge in [0, 0.05) is 26.2 Å². The molecule has 0 radical (unpaired) electrons. The lowest BCUT2D eigenvalue weighted by Crippen LogP contribution is -2.44. The topological polar surface area (TPSA) is 83.0 Å². The molecule has 1 aliphatic heterocycles. The van der Waals surface area contributed by atoms with Gasteiger partial charge in [0.25, 0.3) is 0 Å². The van der Waals surface area contributed by atoms with Crippen molar-refractivity contribution >= 4 is 45.6 Å². The number of ether oxygens (including phenoxy) is 1. The van der Waals surface area contributed by atoms with Crippen molar-refractivity contribution in [2.45, 2.75) is 19.4 Å². The van der Waals surface area contributed by atoms with Crippen molar-refractivity contribution in [1.82, 2.24) is 10.6 Å². The molecule has 0 amide bonds. The van der Waals surface area contributed by atoms with Gasteiger partial charge in [0.2, 0.25) is 10.0 Å². The first kappa shape index (κ1) is 25.2. The first-order valence-electron chi connectivity index (χ1n) is 9.84. The largest absolute Gasteiger partial charge is 0.489 e. The van der Waals surface area contributed by atoms with Crippen LogP contribution in [0.4, 0.5) is 10.1 Å². The van der Waals surface area contributed by atoms with Gasteiger partial charge in [0.1, 0.15) is 17.7 Å². The monoisotopic (exact) mass is 562 g/mol. The van der Waals surface area contributed by atoms with Crippen LogP contribution in [0.25, 0.3) is 0 Å². The fourth-order valence-electron chi connectivity index (χ4n) is 3.28. The van der Waals surface area contributed by atoms with E-state index in [1.165, 1.54) is 16.4 Å². The van der Waals surface area contributed by atoms with Gasteiger partial charge in [-0.15, -0.1) is 24.0 Å². The number of rotatable bonds is 8. The van der Waals surface area contributed by atoms with E-state index in [0.717, 1.165) is 17.7 Å². The van der Waals surface area contributed by atoms with Gasteiger partial charge in [-0.25, -0.2) is 12.8 Å². The number of nitrogens with one attached hydrogen (secondary N) is 2. The van der Waals surface area contributed by atoms with Gasteiger partial charge in [-0.2, -0.15) is 0 Å². The van der Waals surface area contributed by atoms with E-state index in [4.69, 9.17) is 4.74 Å². The van der Waals surface area contributed by atoms with Gasteiger partial charge in [-0.1, -0.05) is 24.3 Å². The molecule has 7 nitrogen and oxygen atoms in total. The number of nitrogens with zero attached hydrogens (tertiary/aromatic N) is 2. The van der Waals surface area contributed by atoms with Gasteiger partial charge in [0.15, 0.2) is 5.96 Å². The van der Waals surface area contributed by atoms with E-state index in [9.17, 15) is 12.8 Å². The second-order valence-electron chi connectivity index (χ2n) is 7.03. The highest BCUT2D eigenvalue weighted by Gasteiger charge is 2.28. The van der Waals surface area contributed by atoms with Crippen LogP contribution in [0.3, 0.4) is 0 Å². The second-order valence-corrected chi connectivity index (χ2v) is 9.05. The number of guanidine groups is 1. The number of benzene rings is 2. The third-order valence-electron chi connectivity index (χ3n) is 4.75. The van der Waals surface area contributed by atoms with Gasteiger partial charge in [0.05, 0.1) is 18.0 Å². The number of halogens is 2. The summed E-state index contributed by atoms with van der Waals surface area (Å²) >= 11 is 0. The zero-order valence-electron chi connectivity index (χ0n) is 17.5. The summed E-state index contributed by atoms with van der Waals surface area (Å²) in [6.45, 7) is 2.96. The quantitative estimate of drug-likeness (QED) is 0.294. The molecule has 10 heteroatoms. The van der Waals surface area contributed by atoms with Crippen LogP contribution in [-0.4, -0.2) is 52.9 Å². The highest BCUT2D eigenvalue weighted by atomic mass is 127. The first-order chi connectivity index (χ1) is 14.4. The normalized spacial score (nSPS) is 14.4. The Labute approximate surface area is 200 Å². The number of anilines is 1. The molecule has 0 aromatic heterocycles. The molecule has 1 heterocycles. The third-order valence-corrected chi connectivity index (χ3v) is 6.52. The summed E-state index contributed by atoms with van der Waals surface area (Å²) in [5, 5.41) is 6.11. The smallest absolute Gasteiger partial charge is 0.236 e. The maximum atomic E-state index is 13.2. The Kier molecular flexibility index (Phi) is 9.35. The molecule has 1 aliphatic rings. The van der Waals surface area contributed by atoms with Crippen LogP contribution >= 0.6 is 24.0 Å². The molecular weight excluding hydrogens is 534 g/mol. The molecule has 0 saturated heterocycles. The molecule has 31 heavy (non-hydrogen) atoms. The summed E-state index contributed by atoms with van der Waals surface area (Å²) in [6.07, 6.45) is 0.491. The lowest BCUT2D eigenvalue weighted by atomic mass is 10.2. The van der Waals surface area contributed by atoms with Crippen molar-refractivity contribution in [3.63, 3.8) is 0 Å².